The molecule has 0 aliphatic rings. The maximum Gasteiger partial charge on any atom is 0.248 e. The lowest BCUT2D eigenvalue weighted by atomic mass is 9.99. The maximum atomic E-state index is 11.1. The first-order valence-corrected chi connectivity index (χ1v) is 6.91. The molecule has 1 N–H and O–H groups in total. The number of nitrogens with zero attached hydrogens (tertiary/aromatic N) is 2. The van der Waals surface area contributed by atoms with Crippen molar-refractivity contribution < 1.29 is 9.21 Å². The molecule has 0 radical (unpaired) electrons. The average Bonchev–Trinajstić information content (AvgIpc) is 2.94. The second kappa shape index (κ2) is 5.81. The van der Waals surface area contributed by atoms with Crippen LogP contribution < -0.4 is 5.32 Å². The van der Waals surface area contributed by atoms with Gasteiger partial charge < -0.3 is 9.73 Å². The number of hydrogen-bond donors (Lipinski definition) is 1. The lowest BCUT2D eigenvalue weighted by Gasteiger charge is -2.08. The lowest BCUT2D eigenvalue weighted by molar-refractivity contribution is -0.114. The van der Waals surface area contributed by atoms with Crippen molar-refractivity contribution in [3.63, 3.8) is 0 Å². The van der Waals surface area contributed by atoms with E-state index in [1.54, 1.807) is 6.92 Å². The van der Waals surface area contributed by atoms with Gasteiger partial charge in [0.1, 0.15) is 0 Å². The fraction of sp³-hybridized carbons (Fsp3) is 0.118. The lowest BCUT2D eigenvalue weighted by Crippen LogP contribution is -2.05. The molecule has 1 amide bonds. The fourth-order valence-electron chi connectivity index (χ4n) is 2.26. The molecule has 5 heteroatoms. The van der Waals surface area contributed by atoms with E-state index in [0.29, 0.717) is 11.8 Å². The van der Waals surface area contributed by atoms with Crippen LogP contribution >= 0.6 is 0 Å². The van der Waals surface area contributed by atoms with Gasteiger partial charge >= 0.3 is 0 Å². The Morgan fingerprint density at radius 2 is 1.68 bits per heavy atom. The molecule has 2 aromatic carbocycles. The summed E-state index contributed by atoms with van der Waals surface area (Å²) >= 11 is 0. The van der Waals surface area contributed by atoms with E-state index in [0.717, 1.165) is 22.4 Å². The van der Waals surface area contributed by atoms with Crippen molar-refractivity contribution in [2.45, 2.75) is 13.8 Å². The highest BCUT2D eigenvalue weighted by Gasteiger charge is 2.12. The second-order valence-electron chi connectivity index (χ2n) is 4.93. The van der Waals surface area contributed by atoms with Gasteiger partial charge in [-0.1, -0.05) is 30.3 Å². The van der Waals surface area contributed by atoms with E-state index < -0.39 is 0 Å². The quantitative estimate of drug-likeness (QED) is 0.800. The summed E-state index contributed by atoms with van der Waals surface area (Å²) < 4.78 is 5.53. The summed E-state index contributed by atoms with van der Waals surface area (Å²) in [6, 6.07) is 15.5. The molecule has 110 valence electrons. The van der Waals surface area contributed by atoms with Crippen LogP contribution in [0.5, 0.6) is 0 Å². The number of carbonyl (C=O) groups is 1. The number of rotatable bonds is 3. The standard InChI is InChI=1S/C17H15N3O2/c1-11(21)18-14-9-7-13(8-10-14)15-5-3-4-6-16(15)17-20-19-12(2)22-17/h3-10H,1-2H3,(H,18,21). The molecule has 1 heterocycles. The molecule has 0 saturated heterocycles. The highest BCUT2D eigenvalue weighted by Crippen LogP contribution is 2.31. The van der Waals surface area contributed by atoms with Gasteiger partial charge in [-0.2, -0.15) is 0 Å². The van der Waals surface area contributed by atoms with E-state index in [9.17, 15) is 4.79 Å². The van der Waals surface area contributed by atoms with Crippen LogP contribution in [0.3, 0.4) is 0 Å². The van der Waals surface area contributed by atoms with Crippen molar-refractivity contribution >= 4 is 11.6 Å². The number of aryl methyl sites for hydroxylation is 1. The predicted octanol–water partition coefficient (Wildman–Crippen LogP) is 3.67. The second-order valence-corrected chi connectivity index (χ2v) is 4.93. The van der Waals surface area contributed by atoms with Gasteiger partial charge in [0.25, 0.3) is 0 Å². The molecule has 0 saturated carbocycles. The Kier molecular flexibility index (Phi) is 3.70. The van der Waals surface area contributed by atoms with E-state index in [4.69, 9.17) is 4.42 Å². The minimum absolute atomic E-state index is 0.0884. The molecule has 22 heavy (non-hydrogen) atoms. The van der Waals surface area contributed by atoms with Gasteiger partial charge in [-0.05, 0) is 29.3 Å². The molecule has 0 unspecified atom stereocenters. The molecule has 0 bridgehead atoms. The smallest absolute Gasteiger partial charge is 0.248 e. The first-order valence-electron chi connectivity index (χ1n) is 6.91. The van der Waals surface area contributed by atoms with Crippen LogP contribution in [0.1, 0.15) is 12.8 Å². The number of aromatic nitrogens is 2. The van der Waals surface area contributed by atoms with Crippen LogP contribution in [-0.4, -0.2) is 16.1 Å². The van der Waals surface area contributed by atoms with Gasteiger partial charge in [0.05, 0.1) is 0 Å². The molecule has 3 aromatic rings. The maximum absolute atomic E-state index is 11.1. The SMILES string of the molecule is CC(=O)Nc1ccc(-c2ccccc2-c2nnc(C)o2)cc1. The number of anilines is 1. The summed E-state index contributed by atoms with van der Waals surface area (Å²) in [5.74, 6) is 0.944. The van der Waals surface area contributed by atoms with Crippen LogP contribution in [-0.2, 0) is 4.79 Å². The summed E-state index contributed by atoms with van der Waals surface area (Å²) in [5.41, 5.74) is 3.67. The van der Waals surface area contributed by atoms with Gasteiger partial charge in [0.15, 0.2) is 0 Å². The highest BCUT2D eigenvalue weighted by molar-refractivity contribution is 5.89. The molecule has 0 aliphatic carbocycles. The monoisotopic (exact) mass is 293 g/mol. The van der Waals surface area contributed by atoms with Crippen molar-refractivity contribution in [1.82, 2.24) is 10.2 Å². The van der Waals surface area contributed by atoms with E-state index in [-0.39, 0.29) is 5.91 Å². The fourth-order valence-corrected chi connectivity index (χ4v) is 2.26. The van der Waals surface area contributed by atoms with E-state index in [2.05, 4.69) is 15.5 Å². The third-order valence-corrected chi connectivity index (χ3v) is 3.20. The zero-order valence-corrected chi connectivity index (χ0v) is 12.3. The molecule has 0 atom stereocenters. The van der Waals surface area contributed by atoms with Crippen LogP contribution in [0.2, 0.25) is 0 Å². The van der Waals surface area contributed by atoms with Gasteiger partial charge in [-0.3, -0.25) is 4.79 Å². The molecule has 3 rings (SSSR count). The van der Waals surface area contributed by atoms with Gasteiger partial charge in [-0.25, -0.2) is 0 Å². The van der Waals surface area contributed by atoms with Gasteiger partial charge in [0.2, 0.25) is 17.7 Å². The van der Waals surface area contributed by atoms with Crippen molar-refractivity contribution in [1.29, 1.82) is 0 Å². The summed E-state index contributed by atoms with van der Waals surface area (Å²) in [7, 11) is 0. The van der Waals surface area contributed by atoms with Crippen LogP contribution in [0.4, 0.5) is 5.69 Å². The third kappa shape index (κ3) is 2.88. The van der Waals surface area contributed by atoms with Crippen molar-refractivity contribution in [2.75, 3.05) is 5.32 Å². The molecular weight excluding hydrogens is 278 g/mol. The topological polar surface area (TPSA) is 68.0 Å². The number of carbonyl (C=O) groups excluding carboxylic acids is 1. The largest absolute Gasteiger partial charge is 0.421 e. The Balaban J connectivity index is 2.00. The van der Waals surface area contributed by atoms with Gasteiger partial charge in [-0.15, -0.1) is 10.2 Å². The van der Waals surface area contributed by atoms with Crippen molar-refractivity contribution in [3.8, 4) is 22.6 Å². The Hall–Kier alpha value is -2.95. The third-order valence-electron chi connectivity index (χ3n) is 3.20. The zero-order valence-electron chi connectivity index (χ0n) is 12.3. The number of benzene rings is 2. The average molecular weight is 293 g/mol. The minimum Gasteiger partial charge on any atom is -0.421 e. The normalized spacial score (nSPS) is 10.5. The first-order chi connectivity index (χ1) is 10.6. The zero-order chi connectivity index (χ0) is 15.5. The first kappa shape index (κ1) is 14.0. The molecule has 0 spiro atoms. The summed E-state index contributed by atoms with van der Waals surface area (Å²) in [6.07, 6.45) is 0. The Labute approximate surface area is 128 Å². The van der Waals surface area contributed by atoms with Crippen LogP contribution in [0.15, 0.2) is 52.9 Å². The van der Waals surface area contributed by atoms with Crippen LogP contribution in [0.25, 0.3) is 22.6 Å². The molecule has 0 fully saturated rings. The van der Waals surface area contributed by atoms with Gasteiger partial charge in [0, 0.05) is 25.1 Å². The van der Waals surface area contributed by atoms with Crippen LogP contribution in [0, 0.1) is 6.92 Å². The molecule has 1 aromatic heterocycles. The molecule has 0 aliphatic heterocycles. The van der Waals surface area contributed by atoms with E-state index >= 15 is 0 Å². The van der Waals surface area contributed by atoms with Crippen molar-refractivity contribution in [3.05, 3.63) is 54.4 Å². The number of amides is 1. The minimum atomic E-state index is -0.0884. The van der Waals surface area contributed by atoms with Crippen molar-refractivity contribution in [2.24, 2.45) is 0 Å². The Bertz CT molecular complexity index is 807. The predicted molar refractivity (Wildman–Crippen MR) is 84.2 cm³/mol. The molecular formula is C17H15N3O2. The summed E-state index contributed by atoms with van der Waals surface area (Å²) in [6.45, 7) is 3.25. The number of hydrogen-bond acceptors (Lipinski definition) is 4. The molecule has 5 nitrogen and oxygen atoms in total. The summed E-state index contributed by atoms with van der Waals surface area (Å²) in [5, 5.41) is 10.7. The highest BCUT2D eigenvalue weighted by atomic mass is 16.4. The summed E-state index contributed by atoms with van der Waals surface area (Å²) in [4.78, 5) is 11.1. The van der Waals surface area contributed by atoms with E-state index in [1.807, 2.05) is 48.5 Å². The number of nitrogens with one attached hydrogen (secondary N) is 1. The Morgan fingerprint density at radius 3 is 2.27 bits per heavy atom. The van der Waals surface area contributed by atoms with E-state index in [1.165, 1.54) is 6.92 Å². The Morgan fingerprint density at radius 1 is 1.00 bits per heavy atom.